The minimum atomic E-state index is 0.253. The summed E-state index contributed by atoms with van der Waals surface area (Å²) in [7, 11) is 0. The fourth-order valence-corrected chi connectivity index (χ4v) is 2.15. The lowest BCUT2D eigenvalue weighted by atomic mass is 10.1. The Bertz CT molecular complexity index is 509. The highest BCUT2D eigenvalue weighted by Gasteiger charge is 2.11. The molecule has 0 amide bonds. The first kappa shape index (κ1) is 14.8. The first-order valence-corrected chi connectivity index (χ1v) is 7.14. The molecule has 2 rings (SSSR count). The normalized spacial score (nSPS) is 14.2. The van der Waals surface area contributed by atoms with E-state index >= 15 is 0 Å². The highest BCUT2D eigenvalue weighted by atomic mass is 16.5. The van der Waals surface area contributed by atoms with E-state index in [1.54, 1.807) is 0 Å². The molecule has 2 atom stereocenters. The second-order valence-corrected chi connectivity index (χ2v) is 5.00. The van der Waals surface area contributed by atoms with Gasteiger partial charge < -0.3 is 10.1 Å². The van der Waals surface area contributed by atoms with Crippen molar-refractivity contribution >= 4 is 0 Å². The van der Waals surface area contributed by atoms with Crippen molar-refractivity contribution in [3.63, 3.8) is 0 Å². The van der Waals surface area contributed by atoms with Crippen LogP contribution in [0.3, 0.4) is 0 Å². The summed E-state index contributed by atoms with van der Waals surface area (Å²) in [5.74, 6) is 0. The van der Waals surface area contributed by atoms with Crippen LogP contribution in [0.15, 0.2) is 42.7 Å². The van der Waals surface area contributed by atoms with Crippen molar-refractivity contribution in [1.82, 2.24) is 15.1 Å². The molecule has 1 aromatic heterocycles. The van der Waals surface area contributed by atoms with Gasteiger partial charge in [-0.25, -0.2) is 4.68 Å². The minimum absolute atomic E-state index is 0.253. The molecule has 2 aromatic rings. The number of aromatic nitrogens is 2. The first-order valence-electron chi connectivity index (χ1n) is 7.14. The number of para-hydroxylation sites is 1. The van der Waals surface area contributed by atoms with Crippen molar-refractivity contribution in [2.75, 3.05) is 13.2 Å². The summed E-state index contributed by atoms with van der Waals surface area (Å²) in [6, 6.07) is 10.7. The van der Waals surface area contributed by atoms with E-state index in [0.29, 0.717) is 6.04 Å². The summed E-state index contributed by atoms with van der Waals surface area (Å²) in [6.45, 7) is 7.78. The molecule has 0 aliphatic carbocycles. The highest BCUT2D eigenvalue weighted by molar-refractivity contribution is 5.31. The number of hydrogen-bond acceptors (Lipinski definition) is 3. The van der Waals surface area contributed by atoms with Crippen molar-refractivity contribution in [3.05, 3.63) is 48.3 Å². The van der Waals surface area contributed by atoms with Gasteiger partial charge in [-0.05, 0) is 32.9 Å². The molecule has 0 aliphatic rings. The predicted molar refractivity (Wildman–Crippen MR) is 81.1 cm³/mol. The first-order chi connectivity index (χ1) is 9.70. The Morgan fingerprint density at radius 3 is 2.70 bits per heavy atom. The molecule has 4 nitrogen and oxygen atoms in total. The van der Waals surface area contributed by atoms with Crippen LogP contribution in [0.4, 0.5) is 0 Å². The van der Waals surface area contributed by atoms with Crippen LogP contribution < -0.4 is 5.32 Å². The quantitative estimate of drug-likeness (QED) is 0.843. The Balaban J connectivity index is 1.98. The van der Waals surface area contributed by atoms with Gasteiger partial charge in [0.15, 0.2) is 0 Å². The van der Waals surface area contributed by atoms with E-state index < -0.39 is 0 Å². The molecule has 0 aliphatic heterocycles. The summed E-state index contributed by atoms with van der Waals surface area (Å²) in [5.41, 5.74) is 2.26. The highest BCUT2D eigenvalue weighted by Crippen LogP contribution is 2.14. The van der Waals surface area contributed by atoms with Crippen molar-refractivity contribution in [2.45, 2.75) is 32.9 Å². The molecule has 0 saturated carbocycles. The maximum absolute atomic E-state index is 5.42. The molecule has 1 aromatic carbocycles. The molecule has 0 fully saturated rings. The molecular formula is C16H23N3O. The Morgan fingerprint density at radius 2 is 2.00 bits per heavy atom. The average molecular weight is 273 g/mol. The fourth-order valence-electron chi connectivity index (χ4n) is 2.15. The van der Waals surface area contributed by atoms with Gasteiger partial charge in [0.1, 0.15) is 0 Å². The molecule has 2 unspecified atom stereocenters. The third kappa shape index (κ3) is 3.92. The number of nitrogens with zero attached hydrogens (tertiary/aromatic N) is 2. The molecule has 0 spiro atoms. The van der Waals surface area contributed by atoms with Crippen LogP contribution in [0.5, 0.6) is 0 Å². The third-order valence-corrected chi connectivity index (χ3v) is 3.23. The van der Waals surface area contributed by atoms with Gasteiger partial charge in [0.2, 0.25) is 0 Å². The van der Waals surface area contributed by atoms with E-state index in [1.165, 1.54) is 5.56 Å². The van der Waals surface area contributed by atoms with E-state index in [2.05, 4.69) is 30.5 Å². The summed E-state index contributed by atoms with van der Waals surface area (Å²) in [4.78, 5) is 0. The van der Waals surface area contributed by atoms with E-state index in [0.717, 1.165) is 18.9 Å². The number of hydrogen-bond donors (Lipinski definition) is 1. The van der Waals surface area contributed by atoms with Crippen LogP contribution in [0.25, 0.3) is 5.69 Å². The molecule has 1 N–H and O–H groups in total. The van der Waals surface area contributed by atoms with Gasteiger partial charge in [-0.3, -0.25) is 0 Å². The molecule has 0 bridgehead atoms. The van der Waals surface area contributed by atoms with E-state index in [-0.39, 0.29) is 6.04 Å². The number of ether oxygens (including phenoxy) is 1. The minimum Gasteiger partial charge on any atom is -0.380 e. The molecule has 20 heavy (non-hydrogen) atoms. The third-order valence-electron chi connectivity index (χ3n) is 3.23. The van der Waals surface area contributed by atoms with Gasteiger partial charge in [0.05, 0.1) is 18.5 Å². The zero-order valence-corrected chi connectivity index (χ0v) is 12.4. The second-order valence-electron chi connectivity index (χ2n) is 5.00. The summed E-state index contributed by atoms with van der Waals surface area (Å²) < 4.78 is 7.33. The van der Waals surface area contributed by atoms with Crippen LogP contribution in [0, 0.1) is 0 Å². The number of benzene rings is 1. The average Bonchev–Trinajstić information content (AvgIpc) is 2.96. The summed E-state index contributed by atoms with van der Waals surface area (Å²) in [6.07, 6.45) is 3.98. The van der Waals surface area contributed by atoms with Crippen molar-refractivity contribution in [3.8, 4) is 5.69 Å². The second kappa shape index (κ2) is 7.22. The smallest absolute Gasteiger partial charge is 0.0645 e. The topological polar surface area (TPSA) is 39.1 Å². The zero-order chi connectivity index (χ0) is 14.4. The van der Waals surface area contributed by atoms with Gasteiger partial charge >= 0.3 is 0 Å². The zero-order valence-electron chi connectivity index (χ0n) is 12.4. The van der Waals surface area contributed by atoms with Gasteiger partial charge in [-0.15, -0.1) is 0 Å². The lowest BCUT2D eigenvalue weighted by molar-refractivity contribution is 0.124. The summed E-state index contributed by atoms with van der Waals surface area (Å²) in [5, 5.41) is 7.94. The molecule has 0 saturated heterocycles. The lowest BCUT2D eigenvalue weighted by Crippen LogP contribution is -2.32. The van der Waals surface area contributed by atoms with Gasteiger partial charge in [0.25, 0.3) is 0 Å². The van der Waals surface area contributed by atoms with Gasteiger partial charge in [0, 0.05) is 30.5 Å². The van der Waals surface area contributed by atoms with Crippen LogP contribution in [-0.2, 0) is 4.74 Å². The molecule has 108 valence electrons. The van der Waals surface area contributed by atoms with Crippen molar-refractivity contribution in [2.24, 2.45) is 0 Å². The standard InChI is InChI=1S/C16H23N3O/c1-4-20-12-13(2)18-14(3)15-10-17-19(11-15)16-8-6-5-7-9-16/h5-11,13-14,18H,4,12H2,1-3H3. The molecule has 4 heteroatoms. The molecular weight excluding hydrogens is 250 g/mol. The Kier molecular flexibility index (Phi) is 5.32. The number of nitrogens with one attached hydrogen (secondary N) is 1. The Hall–Kier alpha value is -1.65. The van der Waals surface area contributed by atoms with Crippen LogP contribution in [-0.4, -0.2) is 29.0 Å². The van der Waals surface area contributed by atoms with Gasteiger partial charge in [-0.1, -0.05) is 18.2 Å². The van der Waals surface area contributed by atoms with Crippen LogP contribution in [0.1, 0.15) is 32.4 Å². The van der Waals surface area contributed by atoms with Crippen molar-refractivity contribution in [1.29, 1.82) is 0 Å². The van der Waals surface area contributed by atoms with E-state index in [9.17, 15) is 0 Å². The monoisotopic (exact) mass is 273 g/mol. The van der Waals surface area contributed by atoms with Crippen molar-refractivity contribution < 1.29 is 4.74 Å². The van der Waals surface area contributed by atoms with E-state index in [4.69, 9.17) is 4.74 Å². The predicted octanol–water partition coefficient (Wildman–Crippen LogP) is 2.95. The maximum atomic E-state index is 5.42. The maximum Gasteiger partial charge on any atom is 0.0645 e. The van der Waals surface area contributed by atoms with Crippen LogP contribution in [0.2, 0.25) is 0 Å². The summed E-state index contributed by atoms with van der Waals surface area (Å²) >= 11 is 0. The largest absolute Gasteiger partial charge is 0.380 e. The SMILES string of the molecule is CCOCC(C)NC(C)c1cnn(-c2ccccc2)c1. The number of rotatable bonds is 7. The Labute approximate surface area is 120 Å². The fraction of sp³-hybridized carbons (Fsp3) is 0.438. The Morgan fingerprint density at radius 1 is 1.25 bits per heavy atom. The molecule has 0 radical (unpaired) electrons. The lowest BCUT2D eigenvalue weighted by Gasteiger charge is -2.18. The van der Waals surface area contributed by atoms with Gasteiger partial charge in [-0.2, -0.15) is 5.10 Å². The van der Waals surface area contributed by atoms with E-state index in [1.807, 2.05) is 48.1 Å². The van der Waals surface area contributed by atoms with Crippen LogP contribution >= 0.6 is 0 Å². The molecule has 1 heterocycles.